The summed E-state index contributed by atoms with van der Waals surface area (Å²) < 4.78 is 5.21. The van der Waals surface area contributed by atoms with Crippen LogP contribution in [0.3, 0.4) is 0 Å². The first-order valence-electron chi connectivity index (χ1n) is 10.1. The van der Waals surface area contributed by atoms with Crippen molar-refractivity contribution in [1.82, 2.24) is 10.6 Å². The average Bonchev–Trinajstić information content (AvgIpc) is 3.14. The zero-order chi connectivity index (χ0) is 21.6. The van der Waals surface area contributed by atoms with Gasteiger partial charge in [0.05, 0.1) is 6.54 Å². The van der Waals surface area contributed by atoms with Crippen LogP contribution in [0.4, 0.5) is 4.79 Å². The van der Waals surface area contributed by atoms with Gasteiger partial charge in [-0.1, -0.05) is 54.5 Å². The van der Waals surface area contributed by atoms with Gasteiger partial charge in [-0.2, -0.15) is 0 Å². The van der Waals surface area contributed by atoms with Gasteiger partial charge < -0.3 is 15.4 Å². The molecule has 0 bridgehead atoms. The van der Waals surface area contributed by atoms with E-state index >= 15 is 0 Å². The summed E-state index contributed by atoms with van der Waals surface area (Å²) in [5, 5.41) is 5.57. The van der Waals surface area contributed by atoms with Crippen molar-refractivity contribution in [3.8, 4) is 23.5 Å². The molecule has 0 unspecified atom stereocenters. The van der Waals surface area contributed by atoms with Crippen LogP contribution in [-0.2, 0) is 4.74 Å². The molecule has 0 fully saturated rings. The Bertz CT molecular complexity index is 1100. The summed E-state index contributed by atoms with van der Waals surface area (Å²) in [6, 6.07) is 23.2. The number of carbonyl (C=O) groups excluding carboxylic acids is 2. The van der Waals surface area contributed by atoms with Gasteiger partial charge in [-0.15, -0.1) is 6.42 Å². The van der Waals surface area contributed by atoms with Crippen molar-refractivity contribution in [2.24, 2.45) is 0 Å². The highest BCUT2D eigenvalue weighted by molar-refractivity contribution is 5.94. The second kappa shape index (κ2) is 9.19. The van der Waals surface area contributed by atoms with E-state index in [0.29, 0.717) is 17.7 Å². The van der Waals surface area contributed by atoms with Crippen LogP contribution in [0.25, 0.3) is 11.1 Å². The molecule has 5 heteroatoms. The number of terminal acetylenes is 1. The molecule has 1 aliphatic rings. The third-order valence-electron chi connectivity index (χ3n) is 5.35. The number of hydrogen-bond acceptors (Lipinski definition) is 3. The SMILES string of the molecule is C#Cc1ccc(C(=O)NCCOC(=O)NCC2c3ccccc3-c3ccccc32)cc1. The fraction of sp³-hybridized carbons (Fsp3) is 0.154. The third-order valence-corrected chi connectivity index (χ3v) is 5.35. The van der Waals surface area contributed by atoms with E-state index in [-0.39, 0.29) is 25.0 Å². The molecule has 4 rings (SSSR count). The Balaban J connectivity index is 1.25. The maximum atomic E-state index is 12.1. The maximum absolute atomic E-state index is 12.1. The van der Waals surface area contributed by atoms with Gasteiger partial charge in [0.15, 0.2) is 0 Å². The molecule has 0 saturated carbocycles. The summed E-state index contributed by atoms with van der Waals surface area (Å²) in [6.07, 6.45) is 4.80. The van der Waals surface area contributed by atoms with Gasteiger partial charge in [0.25, 0.3) is 5.91 Å². The van der Waals surface area contributed by atoms with Gasteiger partial charge in [-0.25, -0.2) is 4.79 Å². The summed E-state index contributed by atoms with van der Waals surface area (Å²) in [6.45, 7) is 0.747. The molecule has 0 atom stereocenters. The summed E-state index contributed by atoms with van der Waals surface area (Å²) in [4.78, 5) is 24.2. The standard InChI is InChI=1S/C26H22N2O3/c1-2-18-11-13-19(14-12-18)25(29)27-15-16-31-26(30)28-17-24-22-9-5-3-7-20(22)21-8-4-6-10-23(21)24/h1,3-14,24H,15-17H2,(H,27,29)(H,28,30). The molecular weight excluding hydrogens is 388 g/mol. The minimum absolute atomic E-state index is 0.0812. The molecular formula is C26H22N2O3. The van der Waals surface area contributed by atoms with E-state index in [1.807, 2.05) is 24.3 Å². The van der Waals surface area contributed by atoms with E-state index in [9.17, 15) is 9.59 Å². The summed E-state index contributed by atoms with van der Waals surface area (Å²) >= 11 is 0. The van der Waals surface area contributed by atoms with Gasteiger partial charge >= 0.3 is 6.09 Å². The maximum Gasteiger partial charge on any atom is 0.407 e. The molecule has 0 radical (unpaired) electrons. The van der Waals surface area contributed by atoms with Crippen molar-refractivity contribution in [3.05, 3.63) is 95.1 Å². The Morgan fingerprint density at radius 1 is 0.871 bits per heavy atom. The zero-order valence-corrected chi connectivity index (χ0v) is 16.9. The van der Waals surface area contributed by atoms with E-state index in [0.717, 1.165) is 0 Å². The molecule has 1 aliphatic carbocycles. The predicted molar refractivity (Wildman–Crippen MR) is 120 cm³/mol. The van der Waals surface area contributed by atoms with E-state index in [2.05, 4.69) is 40.8 Å². The first kappa shape index (κ1) is 20.2. The molecule has 31 heavy (non-hydrogen) atoms. The molecule has 2 N–H and O–H groups in total. The van der Waals surface area contributed by atoms with Crippen molar-refractivity contribution in [3.63, 3.8) is 0 Å². The lowest BCUT2D eigenvalue weighted by Gasteiger charge is -2.15. The lowest BCUT2D eigenvalue weighted by Crippen LogP contribution is -2.32. The largest absolute Gasteiger partial charge is 0.448 e. The Labute approximate surface area is 181 Å². The first-order chi connectivity index (χ1) is 15.2. The molecule has 0 saturated heterocycles. The highest BCUT2D eigenvalue weighted by atomic mass is 16.5. The highest BCUT2D eigenvalue weighted by Crippen LogP contribution is 2.43. The molecule has 0 heterocycles. The second-order valence-corrected chi connectivity index (χ2v) is 7.22. The number of alkyl carbamates (subject to hydrolysis) is 1. The van der Waals surface area contributed by atoms with E-state index in [1.54, 1.807) is 24.3 Å². The van der Waals surface area contributed by atoms with Crippen LogP contribution >= 0.6 is 0 Å². The van der Waals surface area contributed by atoms with Crippen molar-refractivity contribution in [1.29, 1.82) is 0 Å². The number of benzene rings is 3. The Morgan fingerprint density at radius 2 is 1.48 bits per heavy atom. The molecule has 2 amide bonds. The molecule has 0 aromatic heterocycles. The number of fused-ring (bicyclic) bond motifs is 3. The second-order valence-electron chi connectivity index (χ2n) is 7.22. The van der Waals surface area contributed by atoms with E-state index < -0.39 is 6.09 Å². The monoisotopic (exact) mass is 410 g/mol. The molecule has 0 spiro atoms. The normalized spacial score (nSPS) is 11.7. The zero-order valence-electron chi connectivity index (χ0n) is 16.9. The van der Waals surface area contributed by atoms with Crippen molar-refractivity contribution in [2.45, 2.75) is 5.92 Å². The molecule has 3 aromatic rings. The van der Waals surface area contributed by atoms with Crippen LogP contribution in [0.15, 0.2) is 72.8 Å². The minimum atomic E-state index is -0.505. The topological polar surface area (TPSA) is 67.4 Å². The number of hydrogen-bond donors (Lipinski definition) is 2. The van der Waals surface area contributed by atoms with Crippen molar-refractivity contribution in [2.75, 3.05) is 19.7 Å². The predicted octanol–water partition coefficient (Wildman–Crippen LogP) is 3.94. The minimum Gasteiger partial charge on any atom is -0.448 e. The van der Waals surface area contributed by atoms with E-state index in [4.69, 9.17) is 11.2 Å². The quantitative estimate of drug-likeness (QED) is 0.478. The molecule has 3 aromatic carbocycles. The third kappa shape index (κ3) is 4.44. The van der Waals surface area contributed by atoms with Crippen LogP contribution in [-0.4, -0.2) is 31.7 Å². The number of ether oxygens (including phenoxy) is 1. The molecule has 154 valence electrons. The fourth-order valence-electron chi connectivity index (χ4n) is 3.84. The fourth-order valence-corrected chi connectivity index (χ4v) is 3.84. The van der Waals surface area contributed by atoms with Gasteiger partial charge in [-0.3, -0.25) is 4.79 Å². The van der Waals surface area contributed by atoms with E-state index in [1.165, 1.54) is 22.3 Å². The van der Waals surface area contributed by atoms with Crippen LogP contribution < -0.4 is 10.6 Å². The van der Waals surface area contributed by atoms with Gasteiger partial charge in [0.1, 0.15) is 6.61 Å². The number of carbonyl (C=O) groups is 2. The van der Waals surface area contributed by atoms with Gasteiger partial charge in [0.2, 0.25) is 0 Å². The Morgan fingerprint density at radius 3 is 2.10 bits per heavy atom. The van der Waals surface area contributed by atoms with Crippen molar-refractivity contribution >= 4 is 12.0 Å². The average molecular weight is 410 g/mol. The highest BCUT2D eigenvalue weighted by Gasteiger charge is 2.28. The van der Waals surface area contributed by atoms with Crippen LogP contribution in [0, 0.1) is 12.3 Å². The first-order valence-corrected chi connectivity index (χ1v) is 10.1. The van der Waals surface area contributed by atoms with Crippen molar-refractivity contribution < 1.29 is 14.3 Å². The number of rotatable bonds is 6. The Hall–Kier alpha value is -4.04. The van der Waals surface area contributed by atoms with Gasteiger partial charge in [-0.05, 0) is 46.5 Å². The molecule has 5 nitrogen and oxygen atoms in total. The number of nitrogens with one attached hydrogen (secondary N) is 2. The lowest BCUT2D eigenvalue weighted by molar-refractivity contribution is 0.0934. The van der Waals surface area contributed by atoms with Crippen LogP contribution in [0.5, 0.6) is 0 Å². The van der Waals surface area contributed by atoms with Gasteiger partial charge in [0, 0.05) is 23.6 Å². The lowest BCUT2D eigenvalue weighted by atomic mass is 9.97. The summed E-state index contributed by atoms with van der Waals surface area (Å²) in [5.41, 5.74) is 6.03. The molecule has 0 aliphatic heterocycles. The summed E-state index contributed by atoms with van der Waals surface area (Å²) in [5.74, 6) is 2.35. The Kier molecular flexibility index (Phi) is 6.00. The summed E-state index contributed by atoms with van der Waals surface area (Å²) in [7, 11) is 0. The smallest absolute Gasteiger partial charge is 0.407 e. The number of amides is 2. The van der Waals surface area contributed by atoms with Crippen LogP contribution in [0.1, 0.15) is 33.0 Å². The van der Waals surface area contributed by atoms with Crippen LogP contribution in [0.2, 0.25) is 0 Å².